The number of nitrogens with one attached hydrogen (secondary N) is 1. The van der Waals surface area contributed by atoms with Gasteiger partial charge < -0.3 is 19.9 Å². The Morgan fingerprint density at radius 1 is 1.32 bits per heavy atom. The maximum absolute atomic E-state index is 12.3. The molecule has 0 fully saturated rings. The van der Waals surface area contributed by atoms with Gasteiger partial charge in [0.05, 0.1) is 12.0 Å². The first kappa shape index (κ1) is 17.1. The molecule has 0 aliphatic heterocycles. The van der Waals surface area contributed by atoms with E-state index >= 15 is 0 Å². The molecular formula is C17H17N3O4S. The number of esters is 1. The van der Waals surface area contributed by atoms with Gasteiger partial charge in [-0.2, -0.15) is 0 Å². The highest BCUT2D eigenvalue weighted by atomic mass is 32.1. The van der Waals surface area contributed by atoms with Gasteiger partial charge in [-0.1, -0.05) is 6.07 Å². The van der Waals surface area contributed by atoms with Crippen LogP contribution in [0.2, 0.25) is 0 Å². The van der Waals surface area contributed by atoms with E-state index in [1.165, 1.54) is 17.7 Å². The molecule has 0 amide bonds. The van der Waals surface area contributed by atoms with Crippen LogP contribution in [-0.4, -0.2) is 41.4 Å². The fourth-order valence-corrected chi connectivity index (χ4v) is 3.41. The van der Waals surface area contributed by atoms with Crippen LogP contribution in [0.5, 0.6) is 5.75 Å². The lowest BCUT2D eigenvalue weighted by molar-refractivity contribution is 0.0393. The van der Waals surface area contributed by atoms with Crippen LogP contribution < -0.4 is 5.32 Å². The molecule has 2 N–H and O–H groups in total. The highest BCUT2D eigenvalue weighted by molar-refractivity contribution is 7.20. The third kappa shape index (κ3) is 3.70. The largest absolute Gasteiger partial charge is 0.508 e. The van der Waals surface area contributed by atoms with Crippen molar-refractivity contribution in [1.29, 1.82) is 0 Å². The maximum atomic E-state index is 12.3. The quantitative estimate of drug-likeness (QED) is 0.515. The van der Waals surface area contributed by atoms with Crippen molar-refractivity contribution in [2.75, 3.05) is 25.6 Å². The summed E-state index contributed by atoms with van der Waals surface area (Å²) in [5, 5.41) is 13.5. The zero-order chi connectivity index (χ0) is 17.8. The molecule has 0 atom stereocenters. The van der Waals surface area contributed by atoms with E-state index in [0.717, 1.165) is 10.9 Å². The summed E-state index contributed by atoms with van der Waals surface area (Å²) in [5.74, 6) is 0.320. The van der Waals surface area contributed by atoms with Gasteiger partial charge in [0, 0.05) is 18.9 Å². The molecule has 130 valence electrons. The topological polar surface area (TPSA) is 93.6 Å². The SMILES string of the molecule is COCCOC(=O)c1sc2ncnc(Nc3cccc(O)c3)c2c1C. The monoisotopic (exact) mass is 359 g/mol. The maximum Gasteiger partial charge on any atom is 0.348 e. The Morgan fingerprint density at radius 3 is 2.92 bits per heavy atom. The third-order valence-corrected chi connectivity index (χ3v) is 4.72. The summed E-state index contributed by atoms with van der Waals surface area (Å²) < 4.78 is 10.1. The average Bonchev–Trinajstić information content (AvgIpc) is 2.93. The number of aromatic hydroxyl groups is 1. The number of hydrogen-bond donors (Lipinski definition) is 2. The number of fused-ring (bicyclic) bond motifs is 1. The van der Waals surface area contributed by atoms with E-state index < -0.39 is 5.97 Å². The van der Waals surface area contributed by atoms with Gasteiger partial charge in [0.2, 0.25) is 0 Å². The van der Waals surface area contributed by atoms with Crippen molar-refractivity contribution in [1.82, 2.24) is 9.97 Å². The lowest BCUT2D eigenvalue weighted by Crippen LogP contribution is -2.09. The number of phenolic OH excluding ortho intramolecular Hbond substituents is 1. The minimum absolute atomic E-state index is 0.153. The van der Waals surface area contributed by atoms with E-state index in [4.69, 9.17) is 9.47 Å². The first-order valence-corrected chi connectivity index (χ1v) is 8.38. The lowest BCUT2D eigenvalue weighted by atomic mass is 10.2. The average molecular weight is 359 g/mol. The van der Waals surface area contributed by atoms with Gasteiger partial charge >= 0.3 is 5.97 Å². The number of hydrogen-bond acceptors (Lipinski definition) is 8. The molecule has 0 aliphatic carbocycles. The highest BCUT2D eigenvalue weighted by Gasteiger charge is 2.20. The van der Waals surface area contributed by atoms with Gasteiger partial charge in [0.25, 0.3) is 0 Å². The second kappa shape index (κ2) is 7.45. The number of aromatic nitrogens is 2. The molecule has 2 aromatic heterocycles. The number of ether oxygens (including phenoxy) is 2. The standard InChI is InChI=1S/C17H17N3O4S/c1-10-13-15(20-11-4-3-5-12(21)8-11)18-9-19-16(13)25-14(10)17(22)24-7-6-23-2/h3-5,8-9,21H,6-7H2,1-2H3,(H,18,19,20). The van der Waals surface area contributed by atoms with Crippen LogP contribution >= 0.6 is 11.3 Å². The van der Waals surface area contributed by atoms with Gasteiger partial charge in [-0.15, -0.1) is 11.3 Å². The first-order chi connectivity index (χ1) is 12.1. The van der Waals surface area contributed by atoms with Crippen LogP contribution in [-0.2, 0) is 9.47 Å². The summed E-state index contributed by atoms with van der Waals surface area (Å²) in [7, 11) is 1.55. The number of phenols is 1. The molecule has 8 heteroatoms. The first-order valence-electron chi connectivity index (χ1n) is 7.56. The zero-order valence-corrected chi connectivity index (χ0v) is 14.6. The summed E-state index contributed by atoms with van der Waals surface area (Å²) in [6, 6.07) is 6.73. The Morgan fingerprint density at radius 2 is 2.16 bits per heavy atom. The van der Waals surface area contributed by atoms with E-state index in [1.807, 2.05) is 13.0 Å². The predicted molar refractivity (Wildman–Crippen MR) is 95.7 cm³/mol. The van der Waals surface area contributed by atoms with Crippen molar-refractivity contribution in [2.45, 2.75) is 6.92 Å². The summed E-state index contributed by atoms with van der Waals surface area (Å²) >= 11 is 1.26. The van der Waals surface area contributed by atoms with Crippen molar-refractivity contribution < 1.29 is 19.4 Å². The minimum Gasteiger partial charge on any atom is -0.508 e. The van der Waals surface area contributed by atoms with Crippen molar-refractivity contribution in [2.24, 2.45) is 0 Å². The molecule has 0 saturated carbocycles. The van der Waals surface area contributed by atoms with E-state index in [2.05, 4.69) is 15.3 Å². The molecule has 0 aliphatic rings. The number of aryl methyl sites for hydroxylation is 1. The number of carbonyl (C=O) groups is 1. The Kier molecular flexibility index (Phi) is 5.11. The number of carbonyl (C=O) groups excluding carboxylic acids is 1. The molecule has 25 heavy (non-hydrogen) atoms. The van der Waals surface area contributed by atoms with Crippen LogP contribution in [0.1, 0.15) is 15.2 Å². The molecule has 3 rings (SSSR count). The summed E-state index contributed by atoms with van der Waals surface area (Å²) in [4.78, 5) is 22.0. The molecule has 0 bridgehead atoms. The summed E-state index contributed by atoms with van der Waals surface area (Å²) in [6.07, 6.45) is 1.43. The van der Waals surface area contributed by atoms with Crippen LogP contribution in [0.3, 0.4) is 0 Å². The molecule has 7 nitrogen and oxygen atoms in total. The minimum atomic E-state index is -0.402. The molecule has 0 spiro atoms. The smallest absolute Gasteiger partial charge is 0.348 e. The van der Waals surface area contributed by atoms with Gasteiger partial charge in [0.15, 0.2) is 0 Å². The van der Waals surface area contributed by atoms with Gasteiger partial charge in [-0.25, -0.2) is 14.8 Å². The Balaban J connectivity index is 1.94. The van der Waals surface area contributed by atoms with E-state index in [0.29, 0.717) is 27.8 Å². The highest BCUT2D eigenvalue weighted by Crippen LogP contribution is 2.35. The molecule has 0 saturated heterocycles. The van der Waals surface area contributed by atoms with E-state index in [1.54, 1.807) is 25.3 Å². The third-order valence-electron chi connectivity index (χ3n) is 3.54. The van der Waals surface area contributed by atoms with Crippen molar-refractivity contribution >= 4 is 39.0 Å². The van der Waals surface area contributed by atoms with Crippen molar-refractivity contribution in [3.05, 3.63) is 41.0 Å². The lowest BCUT2D eigenvalue weighted by Gasteiger charge is -2.07. The molecule has 2 heterocycles. The number of thiophene rings is 1. The van der Waals surface area contributed by atoms with Crippen LogP contribution in [0.25, 0.3) is 10.2 Å². The molecule has 0 unspecified atom stereocenters. The second-order valence-corrected chi connectivity index (χ2v) is 6.26. The Labute approximate surface area is 148 Å². The van der Waals surface area contributed by atoms with Crippen molar-refractivity contribution in [3.63, 3.8) is 0 Å². The summed E-state index contributed by atoms with van der Waals surface area (Å²) in [6.45, 7) is 2.38. The fraction of sp³-hybridized carbons (Fsp3) is 0.235. The predicted octanol–water partition coefficient (Wildman–Crippen LogP) is 3.25. The number of nitrogens with zero attached hydrogens (tertiary/aromatic N) is 2. The number of methoxy groups -OCH3 is 1. The number of rotatable bonds is 6. The number of anilines is 2. The summed E-state index contributed by atoms with van der Waals surface area (Å²) in [5.41, 5.74) is 1.44. The fourth-order valence-electron chi connectivity index (χ4n) is 2.36. The molecule has 1 aromatic carbocycles. The van der Waals surface area contributed by atoms with Crippen LogP contribution in [0.4, 0.5) is 11.5 Å². The molecule has 0 radical (unpaired) electrons. The number of benzene rings is 1. The normalized spacial score (nSPS) is 10.8. The Bertz CT molecular complexity index is 910. The van der Waals surface area contributed by atoms with Gasteiger partial charge in [-0.05, 0) is 24.6 Å². The second-order valence-electron chi connectivity index (χ2n) is 5.26. The van der Waals surface area contributed by atoms with Gasteiger partial charge in [-0.3, -0.25) is 0 Å². The van der Waals surface area contributed by atoms with Crippen LogP contribution in [0.15, 0.2) is 30.6 Å². The van der Waals surface area contributed by atoms with Gasteiger partial charge in [0.1, 0.15) is 34.2 Å². The zero-order valence-electron chi connectivity index (χ0n) is 13.8. The van der Waals surface area contributed by atoms with Crippen LogP contribution in [0, 0.1) is 6.92 Å². The van der Waals surface area contributed by atoms with Crippen molar-refractivity contribution in [3.8, 4) is 5.75 Å². The molecule has 3 aromatic rings. The Hall–Kier alpha value is -2.71. The van der Waals surface area contributed by atoms with E-state index in [-0.39, 0.29) is 12.4 Å². The van der Waals surface area contributed by atoms with E-state index in [9.17, 15) is 9.90 Å². The molecular weight excluding hydrogens is 342 g/mol.